The first-order valence-corrected chi connectivity index (χ1v) is 5.08. The molecular weight excluding hydrogens is 208 g/mol. The van der Waals surface area contributed by atoms with Crippen molar-refractivity contribution in [2.75, 3.05) is 5.32 Å². The molecular formula is C6H6N4O3S. The summed E-state index contributed by atoms with van der Waals surface area (Å²) in [5, 5.41) is 6.21. The average molecular weight is 214 g/mol. The van der Waals surface area contributed by atoms with E-state index in [0.29, 0.717) is 0 Å². The van der Waals surface area contributed by atoms with Crippen LogP contribution >= 0.6 is 0 Å². The van der Waals surface area contributed by atoms with E-state index in [2.05, 4.69) is 14.8 Å². The van der Waals surface area contributed by atoms with Crippen LogP contribution in [0.2, 0.25) is 0 Å². The zero-order valence-corrected chi connectivity index (χ0v) is 7.95. The number of aryl methyl sites for hydroxylation is 1. The molecule has 1 aromatic heterocycles. The standard InChI is InChI=1S/C6H6N4O3S/c1-10-6(11)5-4(2-8-10)7-3-9-14(5,12)13/h2-3H,1H3,(H,7,9). The predicted octanol–water partition coefficient (Wildman–Crippen LogP) is -1.08. The second kappa shape index (κ2) is 2.64. The quantitative estimate of drug-likeness (QED) is 0.593. The smallest absolute Gasteiger partial charge is 0.291 e. The van der Waals surface area contributed by atoms with Crippen LogP contribution in [0.5, 0.6) is 0 Å². The van der Waals surface area contributed by atoms with E-state index in [4.69, 9.17) is 0 Å². The maximum atomic E-state index is 11.4. The number of hydrogen-bond donors (Lipinski definition) is 1. The lowest BCUT2D eigenvalue weighted by Gasteiger charge is -2.10. The van der Waals surface area contributed by atoms with Crippen LogP contribution in [0.15, 0.2) is 20.3 Å². The van der Waals surface area contributed by atoms with Gasteiger partial charge in [-0.3, -0.25) is 4.79 Å². The van der Waals surface area contributed by atoms with Crippen LogP contribution in [0.25, 0.3) is 0 Å². The van der Waals surface area contributed by atoms with E-state index in [-0.39, 0.29) is 10.6 Å². The van der Waals surface area contributed by atoms with Crippen molar-refractivity contribution in [3.05, 3.63) is 16.6 Å². The molecule has 2 rings (SSSR count). The molecule has 0 aromatic carbocycles. The molecule has 14 heavy (non-hydrogen) atoms. The maximum absolute atomic E-state index is 11.4. The summed E-state index contributed by atoms with van der Waals surface area (Å²) in [6, 6.07) is 0. The molecule has 0 amide bonds. The fourth-order valence-electron chi connectivity index (χ4n) is 1.09. The lowest BCUT2D eigenvalue weighted by Crippen LogP contribution is -2.28. The lowest BCUT2D eigenvalue weighted by molar-refractivity contribution is 0.591. The Bertz CT molecular complexity index is 571. The van der Waals surface area contributed by atoms with Gasteiger partial charge >= 0.3 is 0 Å². The molecule has 0 saturated heterocycles. The van der Waals surface area contributed by atoms with Gasteiger partial charge in [0, 0.05) is 7.05 Å². The maximum Gasteiger partial charge on any atom is 0.291 e. The van der Waals surface area contributed by atoms with Crippen molar-refractivity contribution in [3.63, 3.8) is 0 Å². The molecule has 1 aliphatic heterocycles. The van der Waals surface area contributed by atoms with E-state index in [1.54, 1.807) is 0 Å². The van der Waals surface area contributed by atoms with Crippen molar-refractivity contribution in [2.24, 2.45) is 11.4 Å². The van der Waals surface area contributed by atoms with Crippen molar-refractivity contribution in [3.8, 4) is 0 Å². The van der Waals surface area contributed by atoms with Crippen LogP contribution in [-0.2, 0) is 17.1 Å². The van der Waals surface area contributed by atoms with Gasteiger partial charge < -0.3 is 5.32 Å². The Kier molecular flexibility index (Phi) is 1.68. The minimum absolute atomic E-state index is 0.156. The number of nitrogens with one attached hydrogen (secondary N) is 1. The number of sulfonamides is 1. The zero-order valence-electron chi connectivity index (χ0n) is 7.13. The molecule has 0 radical (unpaired) electrons. The fraction of sp³-hybridized carbons (Fsp3) is 0.167. The third-order valence-corrected chi connectivity index (χ3v) is 3.06. The molecule has 8 heteroatoms. The Labute approximate surface area is 79.1 Å². The summed E-state index contributed by atoms with van der Waals surface area (Å²) in [5.74, 6) is 0. The van der Waals surface area contributed by atoms with Crippen molar-refractivity contribution < 1.29 is 8.42 Å². The normalized spacial score (nSPS) is 17.2. The Morgan fingerprint density at radius 3 is 2.93 bits per heavy atom. The monoisotopic (exact) mass is 214 g/mol. The van der Waals surface area contributed by atoms with Crippen molar-refractivity contribution in [1.82, 2.24) is 9.78 Å². The van der Waals surface area contributed by atoms with Crippen molar-refractivity contribution >= 4 is 22.0 Å². The molecule has 7 nitrogen and oxygen atoms in total. The van der Waals surface area contributed by atoms with Gasteiger partial charge in [0.05, 0.1) is 11.9 Å². The largest absolute Gasteiger partial charge is 0.343 e. The summed E-state index contributed by atoms with van der Waals surface area (Å²) < 4.78 is 26.9. The second-order valence-corrected chi connectivity index (χ2v) is 4.24. The molecule has 0 saturated carbocycles. The average Bonchev–Trinajstić information content (AvgIpc) is 2.10. The molecule has 1 aromatic rings. The third kappa shape index (κ3) is 1.11. The summed E-state index contributed by atoms with van der Waals surface area (Å²) in [6.45, 7) is 0. The molecule has 1 aliphatic rings. The van der Waals surface area contributed by atoms with E-state index < -0.39 is 15.6 Å². The number of aromatic nitrogens is 2. The molecule has 0 aliphatic carbocycles. The molecule has 0 bridgehead atoms. The number of rotatable bonds is 0. The molecule has 1 N–H and O–H groups in total. The fourth-order valence-corrected chi connectivity index (χ4v) is 2.13. The van der Waals surface area contributed by atoms with Gasteiger partial charge in [0.25, 0.3) is 15.6 Å². The highest BCUT2D eigenvalue weighted by Gasteiger charge is 2.25. The van der Waals surface area contributed by atoms with Gasteiger partial charge in [-0.2, -0.15) is 13.5 Å². The summed E-state index contributed by atoms with van der Waals surface area (Å²) in [6.07, 6.45) is 2.28. The second-order valence-electron chi connectivity index (χ2n) is 2.67. The van der Waals surface area contributed by atoms with E-state index >= 15 is 0 Å². The molecule has 0 unspecified atom stereocenters. The molecule has 0 atom stereocenters. The Hall–Kier alpha value is -1.70. The van der Waals surface area contributed by atoms with Crippen LogP contribution in [-0.4, -0.2) is 24.5 Å². The first-order valence-electron chi connectivity index (χ1n) is 3.64. The number of anilines is 1. The number of hydrogen-bond acceptors (Lipinski definition) is 5. The first kappa shape index (κ1) is 8.88. The third-order valence-electron chi connectivity index (χ3n) is 1.76. The SMILES string of the molecule is Cn1ncc2c(c1=O)S(=O)(=O)N=CN2. The van der Waals surface area contributed by atoms with Gasteiger partial charge in [-0.25, -0.2) is 4.68 Å². The van der Waals surface area contributed by atoms with E-state index in [0.717, 1.165) is 11.0 Å². The van der Waals surface area contributed by atoms with Crippen molar-refractivity contribution in [1.29, 1.82) is 0 Å². The lowest BCUT2D eigenvalue weighted by atomic mass is 10.4. The zero-order chi connectivity index (χ0) is 10.3. The molecule has 0 fully saturated rings. The summed E-state index contributed by atoms with van der Waals surface area (Å²) in [5.41, 5.74) is -0.532. The van der Waals surface area contributed by atoms with Crippen molar-refractivity contribution in [2.45, 2.75) is 4.90 Å². The van der Waals surface area contributed by atoms with Crippen LogP contribution in [0.1, 0.15) is 0 Å². The van der Waals surface area contributed by atoms with E-state index in [1.165, 1.54) is 13.2 Å². The van der Waals surface area contributed by atoms with Gasteiger partial charge in [0.2, 0.25) is 0 Å². The van der Waals surface area contributed by atoms with E-state index in [9.17, 15) is 13.2 Å². The first-order chi connectivity index (χ1) is 6.52. The highest BCUT2D eigenvalue weighted by molar-refractivity contribution is 7.90. The van der Waals surface area contributed by atoms with E-state index in [1.807, 2.05) is 0 Å². The van der Waals surface area contributed by atoms with Crippen LogP contribution in [0, 0.1) is 0 Å². The highest BCUT2D eigenvalue weighted by atomic mass is 32.2. The molecule has 0 spiro atoms. The summed E-state index contributed by atoms with van der Waals surface area (Å²) in [7, 11) is -2.49. The Morgan fingerprint density at radius 2 is 2.21 bits per heavy atom. The minimum atomic E-state index is -3.86. The molecule has 74 valence electrons. The van der Waals surface area contributed by atoms with Crippen LogP contribution in [0.4, 0.5) is 5.69 Å². The van der Waals surface area contributed by atoms with Gasteiger partial charge in [-0.05, 0) is 0 Å². The van der Waals surface area contributed by atoms with Gasteiger partial charge in [0.1, 0.15) is 6.34 Å². The van der Waals surface area contributed by atoms with Gasteiger partial charge in [-0.15, -0.1) is 4.40 Å². The van der Waals surface area contributed by atoms with Crippen LogP contribution in [0.3, 0.4) is 0 Å². The van der Waals surface area contributed by atoms with Crippen LogP contribution < -0.4 is 10.9 Å². The summed E-state index contributed by atoms with van der Waals surface area (Å²) >= 11 is 0. The minimum Gasteiger partial charge on any atom is -0.343 e. The Balaban J connectivity index is 2.91. The summed E-state index contributed by atoms with van der Waals surface area (Å²) in [4.78, 5) is 11.1. The Morgan fingerprint density at radius 1 is 1.50 bits per heavy atom. The van der Waals surface area contributed by atoms with Gasteiger partial charge in [0.15, 0.2) is 4.90 Å². The highest BCUT2D eigenvalue weighted by Crippen LogP contribution is 2.19. The molecule has 2 heterocycles. The van der Waals surface area contributed by atoms with Gasteiger partial charge in [-0.1, -0.05) is 0 Å². The number of nitrogens with zero attached hydrogens (tertiary/aromatic N) is 3. The topological polar surface area (TPSA) is 93.4 Å². The predicted molar refractivity (Wildman–Crippen MR) is 48.8 cm³/mol. The number of fused-ring (bicyclic) bond motifs is 1.